The summed E-state index contributed by atoms with van der Waals surface area (Å²) in [6, 6.07) is 11.8. The number of benzene rings is 2. The van der Waals surface area contributed by atoms with E-state index < -0.39 is 20.8 Å². The van der Waals surface area contributed by atoms with Crippen LogP contribution in [0.3, 0.4) is 0 Å². The highest BCUT2D eigenvalue weighted by Crippen LogP contribution is 2.35. The number of phenols is 1. The van der Waals surface area contributed by atoms with E-state index in [0.717, 1.165) is 25.3 Å². The minimum absolute atomic E-state index is 0.274. The molecule has 2 aromatic rings. The number of hydrogen-bond acceptors (Lipinski definition) is 4. The molecule has 0 bridgehead atoms. The lowest BCUT2D eigenvalue weighted by atomic mass is 10.0. The number of ether oxygens (including phenoxy) is 1. The Balaban J connectivity index is 1.81. The van der Waals surface area contributed by atoms with Crippen LogP contribution in [0.25, 0.3) is 0 Å². The number of unbranched alkanes of at least 4 members (excludes halogenated alkanes) is 11. The molecule has 2 N–H and O–H groups in total. The number of aromatic hydroxyl groups is 1. The lowest BCUT2D eigenvalue weighted by Gasteiger charge is -2.13. The van der Waals surface area contributed by atoms with Gasteiger partial charge in [0.2, 0.25) is 0 Å². The predicted molar refractivity (Wildman–Crippen MR) is 129 cm³/mol. The second-order valence-corrected chi connectivity index (χ2v) is 9.85. The molecule has 0 aliphatic rings. The molecule has 0 atom stereocenters. The summed E-state index contributed by atoms with van der Waals surface area (Å²) in [6.07, 6.45) is 15.3. The molecule has 6 heteroatoms. The first kappa shape index (κ1) is 26.2. The van der Waals surface area contributed by atoms with Crippen LogP contribution in [0.5, 0.6) is 17.2 Å². The Morgan fingerprint density at radius 1 is 0.750 bits per heavy atom. The normalized spacial score (nSPS) is 11.6. The molecule has 2 rings (SSSR count). The predicted octanol–water partition coefficient (Wildman–Crippen LogP) is 7.67. The largest absolute Gasteiger partial charge is 0.506 e. The van der Waals surface area contributed by atoms with Crippen molar-refractivity contribution in [1.82, 2.24) is 0 Å². The average Bonchev–Trinajstić information content (AvgIpc) is 2.76. The molecule has 0 fully saturated rings. The molecule has 0 spiro atoms. The van der Waals surface area contributed by atoms with Crippen LogP contribution in [0.1, 0.15) is 89.5 Å². The van der Waals surface area contributed by atoms with E-state index >= 15 is 0 Å². The minimum atomic E-state index is -4.56. The minimum Gasteiger partial charge on any atom is -0.506 e. The maximum atomic E-state index is 11.7. The maximum Gasteiger partial charge on any atom is 0.298 e. The van der Waals surface area contributed by atoms with Crippen molar-refractivity contribution in [2.75, 3.05) is 0 Å². The first-order valence-electron chi connectivity index (χ1n) is 12.0. The molecule has 178 valence electrons. The molecule has 0 heterocycles. The van der Waals surface area contributed by atoms with Crippen LogP contribution in [-0.4, -0.2) is 18.1 Å². The topological polar surface area (TPSA) is 83.8 Å². The SMILES string of the molecule is CCCCCCCCCCCCCCc1cc(Oc2ccccc2)cc(S(=O)(=O)O)c1O. The molecule has 0 amide bonds. The highest BCUT2D eigenvalue weighted by molar-refractivity contribution is 7.86. The first-order chi connectivity index (χ1) is 15.4. The molecule has 5 nitrogen and oxygen atoms in total. The molecule has 2 aromatic carbocycles. The van der Waals surface area contributed by atoms with E-state index in [1.165, 1.54) is 57.8 Å². The monoisotopic (exact) mass is 462 g/mol. The van der Waals surface area contributed by atoms with Gasteiger partial charge in [0.1, 0.15) is 22.1 Å². The van der Waals surface area contributed by atoms with Gasteiger partial charge in [-0.3, -0.25) is 4.55 Å². The molecule has 0 aliphatic carbocycles. The molecule has 0 saturated carbocycles. The summed E-state index contributed by atoms with van der Waals surface area (Å²) in [7, 11) is -4.56. The Bertz CT molecular complexity index is 894. The van der Waals surface area contributed by atoms with E-state index in [1.54, 1.807) is 18.2 Å². The van der Waals surface area contributed by atoms with E-state index in [4.69, 9.17) is 4.74 Å². The van der Waals surface area contributed by atoms with Gasteiger partial charge in [-0.25, -0.2) is 0 Å². The highest BCUT2D eigenvalue weighted by atomic mass is 32.2. The van der Waals surface area contributed by atoms with Gasteiger partial charge in [0.05, 0.1) is 0 Å². The van der Waals surface area contributed by atoms with Crippen molar-refractivity contribution in [2.45, 2.75) is 95.3 Å². The van der Waals surface area contributed by atoms with Crippen molar-refractivity contribution >= 4 is 10.1 Å². The summed E-state index contributed by atoms with van der Waals surface area (Å²) in [5.74, 6) is 0.433. The van der Waals surface area contributed by atoms with Crippen LogP contribution in [0.4, 0.5) is 0 Å². The van der Waals surface area contributed by atoms with E-state index in [2.05, 4.69) is 6.92 Å². The lowest BCUT2D eigenvalue weighted by molar-refractivity contribution is 0.428. The Hall–Kier alpha value is -2.05. The second-order valence-electron chi connectivity index (χ2n) is 8.46. The Morgan fingerprint density at radius 3 is 1.81 bits per heavy atom. The summed E-state index contributed by atoms with van der Waals surface area (Å²) >= 11 is 0. The summed E-state index contributed by atoms with van der Waals surface area (Å²) in [5.41, 5.74) is 0.470. The standard InChI is InChI=1S/C26H38O5S/c1-2-3-4-5-6-7-8-9-10-11-12-14-17-22-20-24(31-23-18-15-13-16-19-23)21-25(26(22)27)32(28,29)30/h13,15-16,18-21,27H,2-12,14,17H2,1H3,(H,28,29,30). The van der Waals surface area contributed by atoms with Crippen molar-refractivity contribution in [3.05, 3.63) is 48.0 Å². The third kappa shape index (κ3) is 9.61. The Morgan fingerprint density at radius 2 is 1.28 bits per heavy atom. The summed E-state index contributed by atoms with van der Waals surface area (Å²) in [5, 5.41) is 10.4. The first-order valence-corrected chi connectivity index (χ1v) is 13.4. The fraction of sp³-hybridized carbons (Fsp3) is 0.538. The molecule has 0 unspecified atom stereocenters. The summed E-state index contributed by atoms with van der Waals surface area (Å²) in [4.78, 5) is -0.514. The Labute approximate surface area is 193 Å². The van der Waals surface area contributed by atoms with Gasteiger partial charge in [0.15, 0.2) is 0 Å². The molecule has 0 aliphatic heterocycles. The van der Waals surface area contributed by atoms with Crippen LogP contribution in [0.15, 0.2) is 47.4 Å². The van der Waals surface area contributed by atoms with Crippen molar-refractivity contribution < 1.29 is 22.8 Å². The second kappa shape index (κ2) is 14.2. The Kier molecular flexibility index (Phi) is 11.6. The van der Waals surface area contributed by atoms with Crippen molar-refractivity contribution in [3.63, 3.8) is 0 Å². The fourth-order valence-electron chi connectivity index (χ4n) is 3.86. The number of hydrogen-bond donors (Lipinski definition) is 2. The third-order valence-corrected chi connectivity index (χ3v) is 6.55. The van der Waals surface area contributed by atoms with Gasteiger partial charge in [0, 0.05) is 6.07 Å². The molecule has 0 saturated heterocycles. The molecular weight excluding hydrogens is 424 g/mol. The molecule has 32 heavy (non-hydrogen) atoms. The highest BCUT2D eigenvalue weighted by Gasteiger charge is 2.20. The van der Waals surface area contributed by atoms with Crippen LogP contribution in [-0.2, 0) is 16.5 Å². The van der Waals surface area contributed by atoms with Crippen molar-refractivity contribution in [2.24, 2.45) is 0 Å². The van der Waals surface area contributed by atoms with Crippen molar-refractivity contribution in [3.8, 4) is 17.2 Å². The molecule has 0 aromatic heterocycles. The smallest absolute Gasteiger partial charge is 0.298 e. The van der Waals surface area contributed by atoms with E-state index in [-0.39, 0.29) is 5.75 Å². The number of rotatable bonds is 16. The zero-order valence-corrected chi connectivity index (χ0v) is 20.1. The van der Waals surface area contributed by atoms with Gasteiger partial charge in [-0.2, -0.15) is 8.42 Å². The van der Waals surface area contributed by atoms with Gasteiger partial charge in [-0.1, -0.05) is 95.8 Å². The van der Waals surface area contributed by atoms with Gasteiger partial charge in [-0.15, -0.1) is 0 Å². The van der Waals surface area contributed by atoms with Gasteiger partial charge < -0.3 is 9.84 Å². The van der Waals surface area contributed by atoms with Crippen molar-refractivity contribution in [1.29, 1.82) is 0 Å². The average molecular weight is 463 g/mol. The van der Waals surface area contributed by atoms with Gasteiger partial charge in [0.25, 0.3) is 10.1 Å². The summed E-state index contributed by atoms with van der Waals surface area (Å²) < 4.78 is 38.7. The maximum absolute atomic E-state index is 11.7. The lowest BCUT2D eigenvalue weighted by Crippen LogP contribution is -2.02. The molecular formula is C26H38O5S. The van der Waals surface area contributed by atoms with Crippen LogP contribution >= 0.6 is 0 Å². The van der Waals surface area contributed by atoms with E-state index in [1.807, 2.05) is 18.2 Å². The number of para-hydroxylation sites is 1. The van der Waals surface area contributed by atoms with E-state index in [9.17, 15) is 18.1 Å². The van der Waals surface area contributed by atoms with Crippen LogP contribution < -0.4 is 4.74 Å². The summed E-state index contributed by atoms with van der Waals surface area (Å²) in [6.45, 7) is 2.24. The zero-order valence-electron chi connectivity index (χ0n) is 19.3. The fourth-order valence-corrected chi connectivity index (χ4v) is 4.51. The van der Waals surface area contributed by atoms with Crippen LogP contribution in [0, 0.1) is 0 Å². The van der Waals surface area contributed by atoms with E-state index in [0.29, 0.717) is 17.7 Å². The number of phenolic OH excluding ortho intramolecular Hbond substituents is 1. The molecule has 0 radical (unpaired) electrons. The zero-order chi connectivity index (χ0) is 23.2. The van der Waals surface area contributed by atoms with Gasteiger partial charge in [-0.05, 0) is 36.6 Å². The quantitative estimate of drug-likeness (QED) is 0.197. The van der Waals surface area contributed by atoms with Crippen LogP contribution in [0.2, 0.25) is 0 Å². The third-order valence-electron chi connectivity index (χ3n) is 5.68. The van der Waals surface area contributed by atoms with Gasteiger partial charge >= 0.3 is 0 Å². The number of aryl methyl sites for hydroxylation is 1.